The van der Waals surface area contributed by atoms with Crippen LogP contribution in [-0.4, -0.2) is 21.9 Å². The molecule has 0 saturated heterocycles. The first-order chi connectivity index (χ1) is 8.29. The Morgan fingerprint density at radius 2 is 2.00 bits per heavy atom. The molecule has 1 aromatic heterocycles. The number of aromatic nitrogens is 2. The van der Waals surface area contributed by atoms with E-state index in [0.29, 0.717) is 17.6 Å². The molecule has 0 aliphatic heterocycles. The second kappa shape index (κ2) is 6.12. The number of rotatable bonds is 4. The highest BCUT2D eigenvalue weighted by Crippen LogP contribution is 2.25. The summed E-state index contributed by atoms with van der Waals surface area (Å²) in [5.41, 5.74) is 5.63. The zero-order chi connectivity index (χ0) is 12.1. The highest BCUT2D eigenvalue weighted by molar-refractivity contribution is 4.93. The first-order valence-electron chi connectivity index (χ1n) is 6.48. The molecule has 1 aliphatic carbocycles. The van der Waals surface area contributed by atoms with Gasteiger partial charge in [0, 0.05) is 6.42 Å². The summed E-state index contributed by atoms with van der Waals surface area (Å²) in [6.45, 7) is -0.150. The van der Waals surface area contributed by atoms with E-state index in [0.717, 1.165) is 6.42 Å². The van der Waals surface area contributed by atoms with Gasteiger partial charge in [-0.1, -0.05) is 30.8 Å². The van der Waals surface area contributed by atoms with Crippen LogP contribution in [0.2, 0.25) is 0 Å². The van der Waals surface area contributed by atoms with E-state index >= 15 is 0 Å². The van der Waals surface area contributed by atoms with Crippen molar-refractivity contribution in [1.82, 2.24) is 10.1 Å². The molecule has 17 heavy (non-hydrogen) atoms. The van der Waals surface area contributed by atoms with Gasteiger partial charge in [-0.05, 0) is 18.8 Å². The van der Waals surface area contributed by atoms with Crippen molar-refractivity contribution in [2.45, 2.75) is 51.0 Å². The third-order valence-corrected chi connectivity index (χ3v) is 3.45. The fraction of sp³-hybridized carbons (Fsp3) is 0.833. The van der Waals surface area contributed by atoms with Crippen LogP contribution in [0.5, 0.6) is 0 Å². The minimum atomic E-state index is -0.526. The maximum Gasteiger partial charge on any atom is 0.226 e. The third kappa shape index (κ3) is 3.51. The van der Waals surface area contributed by atoms with E-state index in [9.17, 15) is 0 Å². The van der Waals surface area contributed by atoms with E-state index in [1.165, 1.54) is 38.5 Å². The number of nitrogens with zero attached hydrogens (tertiary/aromatic N) is 2. The monoisotopic (exact) mass is 239 g/mol. The van der Waals surface area contributed by atoms with Crippen molar-refractivity contribution in [2.75, 3.05) is 6.61 Å². The summed E-state index contributed by atoms with van der Waals surface area (Å²) < 4.78 is 5.18. The van der Waals surface area contributed by atoms with Gasteiger partial charge in [0.15, 0.2) is 5.82 Å². The Morgan fingerprint density at radius 3 is 2.65 bits per heavy atom. The molecule has 1 aromatic rings. The molecule has 0 spiro atoms. The molecule has 3 N–H and O–H groups in total. The number of hydrogen-bond donors (Lipinski definition) is 2. The van der Waals surface area contributed by atoms with Crippen LogP contribution in [0, 0.1) is 5.92 Å². The zero-order valence-corrected chi connectivity index (χ0v) is 10.1. The number of nitrogens with two attached hydrogens (primary N) is 1. The van der Waals surface area contributed by atoms with Crippen molar-refractivity contribution < 1.29 is 9.63 Å². The molecule has 0 bridgehead atoms. The van der Waals surface area contributed by atoms with Crippen molar-refractivity contribution in [2.24, 2.45) is 11.7 Å². The highest BCUT2D eigenvalue weighted by atomic mass is 16.5. The lowest BCUT2D eigenvalue weighted by atomic mass is 9.97. The Bertz CT molecular complexity index is 332. The Morgan fingerprint density at radius 1 is 1.29 bits per heavy atom. The Balaban J connectivity index is 1.91. The Kier molecular flexibility index (Phi) is 4.50. The molecule has 1 aliphatic rings. The van der Waals surface area contributed by atoms with Crippen LogP contribution in [0.1, 0.15) is 56.3 Å². The summed E-state index contributed by atoms with van der Waals surface area (Å²) in [4.78, 5) is 4.24. The molecular weight excluding hydrogens is 218 g/mol. The minimum absolute atomic E-state index is 0.150. The molecule has 0 aromatic carbocycles. The minimum Gasteiger partial charge on any atom is -0.394 e. The molecule has 0 radical (unpaired) electrons. The van der Waals surface area contributed by atoms with Gasteiger partial charge in [0.1, 0.15) is 0 Å². The molecule has 96 valence electrons. The smallest absolute Gasteiger partial charge is 0.226 e. The van der Waals surface area contributed by atoms with E-state index in [1.54, 1.807) is 0 Å². The SMILES string of the molecule is NC(CO)c1noc(CC2CCCCCC2)n1. The number of aliphatic hydroxyl groups excluding tert-OH is 1. The van der Waals surface area contributed by atoms with Crippen LogP contribution in [0.15, 0.2) is 4.52 Å². The van der Waals surface area contributed by atoms with Gasteiger partial charge < -0.3 is 15.4 Å². The van der Waals surface area contributed by atoms with Gasteiger partial charge in [-0.3, -0.25) is 0 Å². The third-order valence-electron chi connectivity index (χ3n) is 3.45. The van der Waals surface area contributed by atoms with Crippen molar-refractivity contribution in [1.29, 1.82) is 0 Å². The molecule has 2 rings (SSSR count). The quantitative estimate of drug-likeness (QED) is 0.779. The number of aliphatic hydroxyl groups is 1. The van der Waals surface area contributed by atoms with E-state index < -0.39 is 6.04 Å². The average molecular weight is 239 g/mol. The second-order valence-electron chi connectivity index (χ2n) is 4.90. The lowest BCUT2D eigenvalue weighted by Gasteiger charge is -2.09. The average Bonchev–Trinajstić information content (AvgIpc) is 2.65. The van der Waals surface area contributed by atoms with Gasteiger partial charge in [-0.15, -0.1) is 0 Å². The van der Waals surface area contributed by atoms with Gasteiger partial charge in [-0.2, -0.15) is 4.98 Å². The molecule has 1 fully saturated rings. The molecule has 5 heteroatoms. The second-order valence-corrected chi connectivity index (χ2v) is 4.90. The topological polar surface area (TPSA) is 85.2 Å². The maximum atomic E-state index is 8.91. The van der Waals surface area contributed by atoms with Crippen LogP contribution < -0.4 is 5.73 Å². The molecule has 5 nitrogen and oxygen atoms in total. The number of hydrogen-bond acceptors (Lipinski definition) is 5. The Labute approximate surface area is 101 Å². The molecular formula is C12H21N3O2. The normalized spacial score (nSPS) is 20.1. The zero-order valence-electron chi connectivity index (χ0n) is 10.1. The molecule has 0 amide bonds. The molecule has 1 heterocycles. The first kappa shape index (κ1) is 12.5. The van der Waals surface area contributed by atoms with Crippen molar-refractivity contribution >= 4 is 0 Å². The summed E-state index contributed by atoms with van der Waals surface area (Å²) in [6.07, 6.45) is 8.67. The predicted octanol–water partition coefficient (Wildman–Crippen LogP) is 1.57. The van der Waals surface area contributed by atoms with E-state index in [4.69, 9.17) is 15.4 Å². The van der Waals surface area contributed by atoms with E-state index in [1.807, 2.05) is 0 Å². The lowest BCUT2D eigenvalue weighted by Crippen LogP contribution is -2.16. The van der Waals surface area contributed by atoms with Gasteiger partial charge in [0.05, 0.1) is 12.6 Å². The van der Waals surface area contributed by atoms with E-state index in [-0.39, 0.29) is 6.61 Å². The molecule has 1 saturated carbocycles. The van der Waals surface area contributed by atoms with Crippen LogP contribution in [0.25, 0.3) is 0 Å². The summed E-state index contributed by atoms with van der Waals surface area (Å²) in [7, 11) is 0. The van der Waals surface area contributed by atoms with Crippen LogP contribution in [-0.2, 0) is 6.42 Å². The van der Waals surface area contributed by atoms with E-state index in [2.05, 4.69) is 10.1 Å². The van der Waals surface area contributed by atoms with Gasteiger partial charge in [0.25, 0.3) is 0 Å². The molecule has 1 unspecified atom stereocenters. The van der Waals surface area contributed by atoms with Crippen molar-refractivity contribution in [3.63, 3.8) is 0 Å². The summed E-state index contributed by atoms with van der Waals surface area (Å²) in [5.74, 6) is 1.74. The first-order valence-corrected chi connectivity index (χ1v) is 6.48. The largest absolute Gasteiger partial charge is 0.394 e. The lowest BCUT2D eigenvalue weighted by molar-refractivity contribution is 0.259. The fourth-order valence-electron chi connectivity index (χ4n) is 2.40. The Hall–Kier alpha value is -0.940. The summed E-state index contributed by atoms with van der Waals surface area (Å²) >= 11 is 0. The highest BCUT2D eigenvalue weighted by Gasteiger charge is 2.18. The summed E-state index contributed by atoms with van der Waals surface area (Å²) in [5, 5.41) is 12.7. The predicted molar refractivity (Wildman–Crippen MR) is 63.2 cm³/mol. The fourth-order valence-corrected chi connectivity index (χ4v) is 2.40. The standard InChI is InChI=1S/C12H21N3O2/c13-10(8-16)12-14-11(17-15-12)7-9-5-3-1-2-4-6-9/h9-10,16H,1-8,13H2. The van der Waals surface area contributed by atoms with Gasteiger partial charge >= 0.3 is 0 Å². The molecule has 1 atom stereocenters. The van der Waals surface area contributed by atoms with Gasteiger partial charge in [0.2, 0.25) is 5.89 Å². The van der Waals surface area contributed by atoms with Crippen LogP contribution in [0.3, 0.4) is 0 Å². The van der Waals surface area contributed by atoms with Gasteiger partial charge in [-0.25, -0.2) is 0 Å². The maximum absolute atomic E-state index is 8.91. The summed E-state index contributed by atoms with van der Waals surface area (Å²) in [6, 6.07) is -0.526. The van der Waals surface area contributed by atoms with Crippen molar-refractivity contribution in [3.8, 4) is 0 Å². The van der Waals surface area contributed by atoms with Crippen molar-refractivity contribution in [3.05, 3.63) is 11.7 Å². The van der Waals surface area contributed by atoms with Crippen LogP contribution >= 0.6 is 0 Å². The van der Waals surface area contributed by atoms with Crippen LogP contribution in [0.4, 0.5) is 0 Å².